The van der Waals surface area contributed by atoms with Gasteiger partial charge in [0.25, 0.3) is 5.91 Å². The van der Waals surface area contributed by atoms with Crippen LogP contribution in [-0.2, 0) is 14.8 Å². The van der Waals surface area contributed by atoms with Crippen LogP contribution in [-0.4, -0.2) is 25.5 Å². The van der Waals surface area contributed by atoms with Crippen molar-refractivity contribution in [3.05, 3.63) is 83.9 Å². The quantitative estimate of drug-likeness (QED) is 0.410. The van der Waals surface area contributed by atoms with Crippen molar-refractivity contribution in [2.75, 3.05) is 10.6 Å². The summed E-state index contributed by atoms with van der Waals surface area (Å²) in [5, 5.41) is 10.4. The van der Waals surface area contributed by atoms with Crippen molar-refractivity contribution >= 4 is 45.0 Å². The van der Waals surface area contributed by atoms with Crippen molar-refractivity contribution in [2.24, 2.45) is 5.14 Å². The third kappa shape index (κ3) is 6.92. The van der Waals surface area contributed by atoms with E-state index in [0.717, 1.165) is 10.5 Å². The molecule has 4 N–H and O–H groups in total. The molecule has 1 unspecified atom stereocenters. The standard InChI is InChI=1S/C24H25N3O4S2/c1-3-22(24(29)26-18-11-13-21(14-12-18)33(25,30)31)32-20-6-4-5-19(15-20)27-23(28)17-9-7-16(2)8-10-17/h4-15,22H,3H2,1-2H3,(H,26,29)(H,27,28)(H2,25,30,31). The third-order valence-corrected chi connectivity index (χ3v) is 7.08. The normalized spacial score (nSPS) is 12.1. The minimum atomic E-state index is -3.79. The Hall–Kier alpha value is -3.14. The predicted molar refractivity (Wildman–Crippen MR) is 132 cm³/mol. The van der Waals surface area contributed by atoms with Crippen LogP contribution in [0.2, 0.25) is 0 Å². The molecule has 1 atom stereocenters. The largest absolute Gasteiger partial charge is 0.325 e. The number of hydrogen-bond acceptors (Lipinski definition) is 5. The first-order valence-electron chi connectivity index (χ1n) is 10.2. The fourth-order valence-corrected chi connectivity index (χ4v) is 4.52. The minimum Gasteiger partial charge on any atom is -0.325 e. The van der Waals surface area contributed by atoms with Gasteiger partial charge in [-0.05, 0) is 67.9 Å². The number of sulfonamides is 1. The molecular formula is C24H25N3O4S2. The van der Waals surface area contributed by atoms with E-state index in [2.05, 4.69) is 10.6 Å². The van der Waals surface area contributed by atoms with Gasteiger partial charge in [-0.15, -0.1) is 11.8 Å². The summed E-state index contributed by atoms with van der Waals surface area (Å²) < 4.78 is 22.7. The van der Waals surface area contributed by atoms with Gasteiger partial charge in [-0.3, -0.25) is 9.59 Å². The molecule has 3 aromatic carbocycles. The number of amides is 2. The summed E-state index contributed by atoms with van der Waals surface area (Å²) in [4.78, 5) is 26.1. The lowest BCUT2D eigenvalue weighted by atomic mass is 10.1. The first kappa shape index (κ1) is 24.5. The molecular weight excluding hydrogens is 458 g/mol. The highest BCUT2D eigenvalue weighted by Gasteiger charge is 2.19. The molecule has 0 spiro atoms. The molecule has 0 saturated carbocycles. The number of carbonyl (C=O) groups excluding carboxylic acids is 2. The van der Waals surface area contributed by atoms with Crippen molar-refractivity contribution in [3.8, 4) is 0 Å². The highest BCUT2D eigenvalue weighted by Crippen LogP contribution is 2.29. The molecule has 3 aromatic rings. The fraction of sp³-hybridized carbons (Fsp3) is 0.167. The first-order chi connectivity index (χ1) is 15.7. The number of hydrogen-bond donors (Lipinski definition) is 3. The van der Waals surface area contributed by atoms with Gasteiger partial charge in [0, 0.05) is 21.8 Å². The van der Waals surface area contributed by atoms with Gasteiger partial charge in [0.15, 0.2) is 0 Å². The Bertz CT molecular complexity index is 1240. The maximum Gasteiger partial charge on any atom is 0.255 e. The first-order valence-corrected chi connectivity index (χ1v) is 12.7. The second-order valence-electron chi connectivity index (χ2n) is 7.42. The number of carbonyl (C=O) groups is 2. The van der Waals surface area contributed by atoms with E-state index < -0.39 is 10.0 Å². The molecule has 2 amide bonds. The highest BCUT2D eigenvalue weighted by molar-refractivity contribution is 8.00. The zero-order valence-electron chi connectivity index (χ0n) is 18.2. The molecule has 0 radical (unpaired) electrons. The van der Waals surface area contributed by atoms with Crippen molar-refractivity contribution < 1.29 is 18.0 Å². The summed E-state index contributed by atoms with van der Waals surface area (Å²) >= 11 is 1.38. The average Bonchev–Trinajstić information content (AvgIpc) is 2.78. The summed E-state index contributed by atoms with van der Waals surface area (Å²) in [7, 11) is -3.79. The van der Waals surface area contributed by atoms with E-state index in [1.165, 1.54) is 36.0 Å². The van der Waals surface area contributed by atoms with Crippen LogP contribution in [0.15, 0.2) is 82.6 Å². The lowest BCUT2D eigenvalue weighted by Gasteiger charge is -2.16. The van der Waals surface area contributed by atoms with Crippen LogP contribution in [0.4, 0.5) is 11.4 Å². The molecule has 9 heteroatoms. The number of benzene rings is 3. The summed E-state index contributed by atoms with van der Waals surface area (Å²) in [5.74, 6) is -0.412. The summed E-state index contributed by atoms with van der Waals surface area (Å²) in [6, 6.07) is 20.3. The maximum atomic E-state index is 12.8. The minimum absolute atomic E-state index is 0.0218. The summed E-state index contributed by atoms with van der Waals surface area (Å²) in [5.41, 5.74) is 2.76. The van der Waals surface area contributed by atoms with Gasteiger partial charge < -0.3 is 10.6 Å². The molecule has 0 aliphatic carbocycles. The van der Waals surface area contributed by atoms with Crippen LogP contribution in [0.25, 0.3) is 0 Å². The number of anilines is 2. The van der Waals surface area contributed by atoms with Gasteiger partial charge in [0.05, 0.1) is 10.1 Å². The molecule has 0 bridgehead atoms. The van der Waals surface area contributed by atoms with Gasteiger partial charge >= 0.3 is 0 Å². The Morgan fingerprint density at radius 3 is 2.21 bits per heavy atom. The van der Waals surface area contributed by atoms with Crippen molar-refractivity contribution in [1.29, 1.82) is 0 Å². The number of nitrogens with one attached hydrogen (secondary N) is 2. The molecule has 0 saturated heterocycles. The smallest absolute Gasteiger partial charge is 0.255 e. The second kappa shape index (κ2) is 10.7. The predicted octanol–water partition coefficient (Wildman–Crippen LogP) is 4.40. The van der Waals surface area contributed by atoms with Crippen LogP contribution in [0.5, 0.6) is 0 Å². The summed E-state index contributed by atoms with van der Waals surface area (Å²) in [6.45, 7) is 3.87. The Balaban J connectivity index is 1.65. The molecule has 0 fully saturated rings. The number of nitrogens with two attached hydrogens (primary N) is 1. The summed E-state index contributed by atoms with van der Waals surface area (Å²) in [6.07, 6.45) is 0.575. The van der Waals surface area contributed by atoms with Crippen molar-refractivity contribution in [3.63, 3.8) is 0 Å². The van der Waals surface area contributed by atoms with Crippen LogP contribution in [0.1, 0.15) is 29.3 Å². The van der Waals surface area contributed by atoms with Gasteiger partial charge in [-0.2, -0.15) is 0 Å². The number of thioether (sulfide) groups is 1. The zero-order valence-corrected chi connectivity index (χ0v) is 19.9. The molecule has 7 nitrogen and oxygen atoms in total. The molecule has 0 aliphatic rings. The van der Waals surface area contributed by atoms with Gasteiger partial charge in [-0.1, -0.05) is 30.7 Å². The van der Waals surface area contributed by atoms with E-state index in [9.17, 15) is 18.0 Å². The van der Waals surface area contributed by atoms with E-state index in [1.807, 2.05) is 44.2 Å². The van der Waals surface area contributed by atoms with Crippen LogP contribution < -0.4 is 15.8 Å². The molecule has 172 valence electrons. The Labute approximate surface area is 197 Å². The zero-order chi connectivity index (χ0) is 24.0. The number of rotatable bonds is 8. The van der Waals surface area contributed by atoms with E-state index in [-0.39, 0.29) is 22.0 Å². The monoisotopic (exact) mass is 483 g/mol. The Morgan fingerprint density at radius 1 is 0.939 bits per heavy atom. The lowest BCUT2D eigenvalue weighted by molar-refractivity contribution is -0.115. The third-order valence-electron chi connectivity index (χ3n) is 4.80. The van der Waals surface area contributed by atoms with Gasteiger partial charge in [0.1, 0.15) is 0 Å². The van der Waals surface area contributed by atoms with E-state index in [0.29, 0.717) is 23.4 Å². The molecule has 0 aromatic heterocycles. The average molecular weight is 484 g/mol. The number of primary sulfonamides is 1. The fourth-order valence-electron chi connectivity index (χ4n) is 2.99. The topological polar surface area (TPSA) is 118 Å². The van der Waals surface area contributed by atoms with E-state index in [4.69, 9.17) is 5.14 Å². The molecule has 0 aliphatic heterocycles. The Morgan fingerprint density at radius 2 is 1.61 bits per heavy atom. The van der Waals surface area contributed by atoms with Crippen molar-refractivity contribution in [2.45, 2.75) is 35.3 Å². The molecule has 0 heterocycles. The van der Waals surface area contributed by atoms with Gasteiger partial charge in [0.2, 0.25) is 15.9 Å². The highest BCUT2D eigenvalue weighted by atomic mass is 32.2. The lowest BCUT2D eigenvalue weighted by Crippen LogP contribution is -2.24. The maximum absolute atomic E-state index is 12.8. The number of aryl methyl sites for hydroxylation is 1. The van der Waals surface area contributed by atoms with Crippen LogP contribution in [0, 0.1) is 6.92 Å². The Kier molecular flexibility index (Phi) is 7.91. The van der Waals surface area contributed by atoms with E-state index in [1.54, 1.807) is 18.2 Å². The van der Waals surface area contributed by atoms with Crippen LogP contribution in [0.3, 0.4) is 0 Å². The molecule has 3 rings (SSSR count). The SMILES string of the molecule is CCC(Sc1cccc(NC(=O)c2ccc(C)cc2)c1)C(=O)Nc1ccc(S(N)(=O)=O)cc1. The van der Waals surface area contributed by atoms with Gasteiger partial charge in [-0.25, -0.2) is 13.6 Å². The van der Waals surface area contributed by atoms with Crippen LogP contribution >= 0.6 is 11.8 Å². The van der Waals surface area contributed by atoms with E-state index >= 15 is 0 Å². The second-order valence-corrected chi connectivity index (χ2v) is 10.3. The van der Waals surface area contributed by atoms with Crippen molar-refractivity contribution in [1.82, 2.24) is 0 Å². The molecule has 33 heavy (non-hydrogen) atoms.